The van der Waals surface area contributed by atoms with Crippen LogP contribution in [0.2, 0.25) is 0 Å². The van der Waals surface area contributed by atoms with Crippen molar-refractivity contribution in [1.82, 2.24) is 4.57 Å². The van der Waals surface area contributed by atoms with E-state index in [9.17, 15) is 9.59 Å². The van der Waals surface area contributed by atoms with Gasteiger partial charge in [0.25, 0.3) is 5.91 Å². The molecule has 2 N–H and O–H groups in total. The van der Waals surface area contributed by atoms with Crippen molar-refractivity contribution in [3.05, 3.63) is 36.2 Å². The van der Waals surface area contributed by atoms with E-state index in [0.717, 1.165) is 0 Å². The molecule has 0 radical (unpaired) electrons. The van der Waals surface area contributed by atoms with Crippen LogP contribution in [0.15, 0.2) is 30.5 Å². The molecule has 0 aromatic carbocycles. The Morgan fingerprint density at radius 3 is 2.93 bits per heavy atom. The highest BCUT2D eigenvalue weighted by atomic mass is 16.1. The summed E-state index contributed by atoms with van der Waals surface area (Å²) in [5.41, 5.74) is 5.63. The van der Waals surface area contributed by atoms with Gasteiger partial charge in [0.1, 0.15) is 5.69 Å². The zero-order chi connectivity index (χ0) is 10.1. The molecule has 0 saturated carbocycles. The quantitative estimate of drug-likeness (QED) is 0.744. The lowest BCUT2D eigenvalue weighted by molar-refractivity contribution is -0.114. The lowest BCUT2D eigenvalue weighted by Gasteiger charge is -2.11. The van der Waals surface area contributed by atoms with Gasteiger partial charge >= 0.3 is 0 Å². The molecule has 1 aliphatic rings. The van der Waals surface area contributed by atoms with E-state index in [0.29, 0.717) is 12.1 Å². The van der Waals surface area contributed by atoms with E-state index in [2.05, 4.69) is 0 Å². The number of allylic oxidation sites excluding steroid dienone is 2. The molecule has 0 unspecified atom stereocenters. The van der Waals surface area contributed by atoms with Crippen LogP contribution in [0, 0.1) is 0 Å². The fraction of sp³-hybridized carbons (Fsp3) is 0.200. The standard InChI is InChI=1S/C10H10N2O2/c11-10(14)9-2-1-5-12(9)7-3-4-8(13)6-7/h1-5,7H,6H2,(H2,11,14)/t7-/m0/s1. The minimum atomic E-state index is -0.470. The van der Waals surface area contributed by atoms with Crippen LogP contribution in [0.25, 0.3) is 0 Å². The number of rotatable bonds is 2. The minimum absolute atomic E-state index is 0.0556. The van der Waals surface area contributed by atoms with Crippen LogP contribution in [-0.4, -0.2) is 16.3 Å². The average Bonchev–Trinajstić information content (AvgIpc) is 2.70. The summed E-state index contributed by atoms with van der Waals surface area (Å²) >= 11 is 0. The first-order chi connectivity index (χ1) is 6.68. The molecule has 14 heavy (non-hydrogen) atoms. The number of amides is 1. The SMILES string of the molecule is NC(=O)c1cccn1[C@H]1C=CC(=O)C1. The maximum atomic E-state index is 11.0. The summed E-state index contributed by atoms with van der Waals surface area (Å²) in [4.78, 5) is 22.0. The predicted molar refractivity (Wildman–Crippen MR) is 50.8 cm³/mol. The van der Waals surface area contributed by atoms with Gasteiger partial charge in [0.15, 0.2) is 5.78 Å². The fourth-order valence-corrected chi connectivity index (χ4v) is 1.64. The largest absolute Gasteiger partial charge is 0.364 e. The summed E-state index contributed by atoms with van der Waals surface area (Å²) in [6, 6.07) is 3.34. The topological polar surface area (TPSA) is 65.1 Å². The maximum absolute atomic E-state index is 11.0. The van der Waals surface area contributed by atoms with Crippen molar-refractivity contribution < 1.29 is 9.59 Å². The van der Waals surface area contributed by atoms with Gasteiger partial charge in [0.2, 0.25) is 0 Å². The van der Waals surface area contributed by atoms with Gasteiger partial charge in [-0.25, -0.2) is 0 Å². The van der Waals surface area contributed by atoms with E-state index in [1.165, 1.54) is 6.08 Å². The van der Waals surface area contributed by atoms with Gasteiger partial charge in [-0.2, -0.15) is 0 Å². The number of ketones is 1. The van der Waals surface area contributed by atoms with Crippen LogP contribution in [0.4, 0.5) is 0 Å². The Morgan fingerprint density at radius 2 is 2.36 bits per heavy atom. The molecule has 1 aliphatic carbocycles. The van der Waals surface area contributed by atoms with Crippen LogP contribution in [0.5, 0.6) is 0 Å². The first-order valence-electron chi connectivity index (χ1n) is 4.36. The summed E-state index contributed by atoms with van der Waals surface area (Å²) in [6.07, 6.45) is 5.49. The molecule has 0 saturated heterocycles. The highest BCUT2D eigenvalue weighted by Crippen LogP contribution is 2.22. The smallest absolute Gasteiger partial charge is 0.265 e. The number of aromatic nitrogens is 1. The Labute approximate surface area is 81.0 Å². The number of nitrogens with zero attached hydrogens (tertiary/aromatic N) is 1. The van der Waals surface area contributed by atoms with Gasteiger partial charge in [0, 0.05) is 12.6 Å². The van der Waals surface area contributed by atoms with Gasteiger partial charge in [-0.15, -0.1) is 0 Å². The van der Waals surface area contributed by atoms with E-state index in [-0.39, 0.29) is 11.8 Å². The molecule has 4 heteroatoms. The van der Waals surface area contributed by atoms with Gasteiger partial charge < -0.3 is 10.3 Å². The third-order valence-corrected chi connectivity index (χ3v) is 2.30. The Kier molecular flexibility index (Phi) is 1.96. The summed E-state index contributed by atoms with van der Waals surface area (Å²) < 4.78 is 1.73. The molecular weight excluding hydrogens is 180 g/mol. The van der Waals surface area contributed by atoms with Gasteiger partial charge in [-0.3, -0.25) is 9.59 Å². The van der Waals surface area contributed by atoms with Crippen molar-refractivity contribution in [3.63, 3.8) is 0 Å². The second kappa shape index (κ2) is 3.14. The monoisotopic (exact) mass is 190 g/mol. The van der Waals surface area contributed by atoms with Crippen LogP contribution >= 0.6 is 0 Å². The zero-order valence-electron chi connectivity index (χ0n) is 7.51. The second-order valence-electron chi connectivity index (χ2n) is 3.26. The number of hydrogen-bond acceptors (Lipinski definition) is 2. The zero-order valence-corrected chi connectivity index (χ0v) is 7.51. The Hall–Kier alpha value is -1.84. The normalized spacial score (nSPS) is 20.3. The molecule has 1 aromatic heterocycles. The second-order valence-corrected chi connectivity index (χ2v) is 3.26. The van der Waals surface area contributed by atoms with Gasteiger partial charge in [0.05, 0.1) is 6.04 Å². The van der Waals surface area contributed by atoms with Crippen molar-refractivity contribution >= 4 is 11.7 Å². The molecule has 1 atom stereocenters. The molecule has 2 rings (SSSR count). The number of carbonyl (C=O) groups is 2. The van der Waals surface area contributed by atoms with Crippen molar-refractivity contribution in [2.24, 2.45) is 5.73 Å². The van der Waals surface area contributed by atoms with Crippen LogP contribution < -0.4 is 5.73 Å². The summed E-state index contributed by atoms with van der Waals surface area (Å²) in [6.45, 7) is 0. The number of primary amides is 1. The highest BCUT2D eigenvalue weighted by molar-refractivity contribution is 5.94. The molecule has 1 amide bonds. The summed E-state index contributed by atoms with van der Waals surface area (Å²) in [5.74, 6) is -0.387. The van der Waals surface area contributed by atoms with Gasteiger partial charge in [-0.05, 0) is 18.2 Å². The van der Waals surface area contributed by atoms with Crippen molar-refractivity contribution in [2.45, 2.75) is 12.5 Å². The number of carbonyl (C=O) groups excluding carboxylic acids is 2. The fourth-order valence-electron chi connectivity index (χ4n) is 1.64. The van der Waals surface area contributed by atoms with E-state index in [1.807, 2.05) is 0 Å². The van der Waals surface area contributed by atoms with Crippen molar-refractivity contribution in [2.75, 3.05) is 0 Å². The summed E-state index contributed by atoms with van der Waals surface area (Å²) in [7, 11) is 0. The van der Waals surface area contributed by atoms with Crippen molar-refractivity contribution in [1.29, 1.82) is 0 Å². The van der Waals surface area contributed by atoms with E-state index in [4.69, 9.17) is 5.73 Å². The van der Waals surface area contributed by atoms with Crippen LogP contribution in [-0.2, 0) is 4.79 Å². The predicted octanol–water partition coefficient (Wildman–Crippen LogP) is 0.657. The molecule has 0 aliphatic heterocycles. The van der Waals surface area contributed by atoms with Gasteiger partial charge in [-0.1, -0.05) is 6.08 Å². The first-order valence-corrected chi connectivity index (χ1v) is 4.36. The summed E-state index contributed by atoms with van der Waals surface area (Å²) in [5, 5.41) is 0. The lowest BCUT2D eigenvalue weighted by atomic mass is 10.2. The van der Waals surface area contributed by atoms with Crippen LogP contribution in [0.3, 0.4) is 0 Å². The third kappa shape index (κ3) is 1.35. The molecule has 0 bridgehead atoms. The Balaban J connectivity index is 2.33. The third-order valence-electron chi connectivity index (χ3n) is 2.30. The molecular formula is C10H10N2O2. The Morgan fingerprint density at radius 1 is 1.57 bits per heavy atom. The van der Waals surface area contributed by atoms with E-state index >= 15 is 0 Å². The van der Waals surface area contributed by atoms with E-state index < -0.39 is 5.91 Å². The molecule has 1 heterocycles. The molecule has 72 valence electrons. The molecule has 0 spiro atoms. The molecule has 1 aromatic rings. The van der Waals surface area contributed by atoms with E-state index in [1.54, 1.807) is 29.0 Å². The number of hydrogen-bond donors (Lipinski definition) is 1. The Bertz CT molecular complexity index is 418. The average molecular weight is 190 g/mol. The first kappa shape index (κ1) is 8.74. The number of nitrogens with two attached hydrogens (primary N) is 1. The molecule has 4 nitrogen and oxygen atoms in total. The van der Waals surface area contributed by atoms with Crippen molar-refractivity contribution in [3.8, 4) is 0 Å². The lowest BCUT2D eigenvalue weighted by Crippen LogP contribution is -2.18. The molecule has 0 fully saturated rings. The van der Waals surface area contributed by atoms with Crippen LogP contribution in [0.1, 0.15) is 23.0 Å². The minimum Gasteiger partial charge on any atom is -0.364 e. The maximum Gasteiger partial charge on any atom is 0.265 e. The highest BCUT2D eigenvalue weighted by Gasteiger charge is 2.20.